The average molecular weight is 254 g/mol. The summed E-state index contributed by atoms with van der Waals surface area (Å²) >= 11 is 1.79. The third kappa shape index (κ3) is 2.03. The zero-order valence-electron chi connectivity index (χ0n) is 10.2. The van der Waals surface area contributed by atoms with E-state index in [9.17, 15) is 0 Å². The topological polar surface area (TPSA) is 24.9 Å². The summed E-state index contributed by atoms with van der Waals surface area (Å²) < 4.78 is 0. The molecule has 3 rings (SSSR count). The van der Waals surface area contributed by atoms with Crippen molar-refractivity contribution in [3.8, 4) is 11.1 Å². The fourth-order valence-electron chi connectivity index (χ4n) is 2.15. The van der Waals surface area contributed by atoms with Gasteiger partial charge in [0.05, 0.1) is 0 Å². The second-order valence-corrected chi connectivity index (χ2v) is 5.23. The van der Waals surface area contributed by atoms with E-state index in [4.69, 9.17) is 0 Å². The highest BCUT2D eigenvalue weighted by molar-refractivity contribution is 7.10. The van der Waals surface area contributed by atoms with Crippen LogP contribution in [-0.2, 0) is 6.54 Å². The molecular formula is C15H14N2S. The average Bonchev–Trinajstić information content (AvgIpc) is 2.87. The normalized spacial score (nSPS) is 10.9. The van der Waals surface area contributed by atoms with Crippen LogP contribution in [0.25, 0.3) is 21.9 Å². The lowest BCUT2D eigenvalue weighted by Crippen LogP contribution is -2.02. The minimum atomic E-state index is 0.924. The first-order valence-corrected chi connectivity index (χ1v) is 6.81. The number of benzene rings is 1. The highest BCUT2D eigenvalue weighted by atomic mass is 32.1. The molecule has 3 aromatic rings. The zero-order chi connectivity index (χ0) is 12.4. The molecule has 2 nitrogen and oxygen atoms in total. The van der Waals surface area contributed by atoms with Gasteiger partial charge in [-0.2, -0.15) is 0 Å². The molecule has 0 unspecified atom stereocenters. The van der Waals surface area contributed by atoms with Gasteiger partial charge in [0, 0.05) is 29.2 Å². The van der Waals surface area contributed by atoms with Crippen LogP contribution in [0.3, 0.4) is 0 Å². The number of pyridine rings is 1. The van der Waals surface area contributed by atoms with Gasteiger partial charge in [-0.25, -0.2) is 0 Å². The maximum absolute atomic E-state index is 4.23. The van der Waals surface area contributed by atoms with Crippen LogP contribution < -0.4 is 5.32 Å². The fraction of sp³-hybridized carbons (Fsp3) is 0.133. The van der Waals surface area contributed by atoms with Gasteiger partial charge in [-0.15, -0.1) is 11.3 Å². The monoisotopic (exact) mass is 254 g/mol. The van der Waals surface area contributed by atoms with Crippen molar-refractivity contribution in [1.29, 1.82) is 0 Å². The van der Waals surface area contributed by atoms with Crippen molar-refractivity contribution >= 4 is 22.1 Å². The second-order valence-electron chi connectivity index (χ2n) is 4.23. The molecule has 1 N–H and O–H groups in total. The Morgan fingerprint density at radius 2 is 2.22 bits per heavy atom. The number of rotatable bonds is 3. The number of nitrogens with one attached hydrogen (secondary N) is 1. The van der Waals surface area contributed by atoms with Crippen LogP contribution >= 0.6 is 11.3 Å². The van der Waals surface area contributed by atoms with E-state index in [-0.39, 0.29) is 0 Å². The molecule has 2 heterocycles. The SMILES string of the molecule is CNCc1cc(-c2cccc3ccncc23)cs1. The minimum absolute atomic E-state index is 0.924. The fourth-order valence-corrected chi connectivity index (χ4v) is 3.05. The summed E-state index contributed by atoms with van der Waals surface area (Å²) in [5.41, 5.74) is 2.54. The number of hydrogen-bond acceptors (Lipinski definition) is 3. The summed E-state index contributed by atoms with van der Waals surface area (Å²) in [4.78, 5) is 5.59. The maximum atomic E-state index is 4.23. The molecule has 0 saturated carbocycles. The van der Waals surface area contributed by atoms with Gasteiger partial charge in [-0.1, -0.05) is 18.2 Å². The Hall–Kier alpha value is -1.71. The summed E-state index contributed by atoms with van der Waals surface area (Å²) in [6.45, 7) is 0.924. The van der Waals surface area contributed by atoms with E-state index in [1.807, 2.05) is 19.4 Å². The molecule has 18 heavy (non-hydrogen) atoms. The Labute approximate surface area is 110 Å². The number of nitrogens with zero attached hydrogens (tertiary/aromatic N) is 1. The molecule has 0 atom stereocenters. The van der Waals surface area contributed by atoms with Crippen LogP contribution in [0.4, 0.5) is 0 Å². The van der Waals surface area contributed by atoms with Gasteiger partial charge in [0.15, 0.2) is 0 Å². The van der Waals surface area contributed by atoms with Gasteiger partial charge in [0.25, 0.3) is 0 Å². The molecule has 3 heteroatoms. The van der Waals surface area contributed by atoms with E-state index in [1.54, 1.807) is 11.3 Å². The summed E-state index contributed by atoms with van der Waals surface area (Å²) in [6, 6.07) is 10.7. The summed E-state index contributed by atoms with van der Waals surface area (Å²) in [5.74, 6) is 0. The number of thiophene rings is 1. The van der Waals surface area contributed by atoms with Crippen molar-refractivity contribution in [1.82, 2.24) is 10.3 Å². The van der Waals surface area contributed by atoms with E-state index in [1.165, 1.54) is 26.8 Å². The maximum Gasteiger partial charge on any atom is 0.0352 e. The molecule has 90 valence electrons. The van der Waals surface area contributed by atoms with Crippen molar-refractivity contribution in [2.75, 3.05) is 7.05 Å². The third-order valence-corrected chi connectivity index (χ3v) is 3.94. The van der Waals surface area contributed by atoms with E-state index >= 15 is 0 Å². The van der Waals surface area contributed by atoms with E-state index in [2.05, 4.69) is 46.0 Å². The lowest BCUT2D eigenvalue weighted by atomic mass is 10.0. The van der Waals surface area contributed by atoms with Gasteiger partial charge < -0.3 is 5.32 Å². The van der Waals surface area contributed by atoms with Crippen molar-refractivity contribution in [3.05, 3.63) is 53.0 Å². The zero-order valence-corrected chi connectivity index (χ0v) is 11.0. The Balaban J connectivity index is 2.12. The molecule has 0 amide bonds. The summed E-state index contributed by atoms with van der Waals surface area (Å²) in [6.07, 6.45) is 3.78. The standard InChI is InChI=1S/C15H14N2S/c1-16-8-13-7-12(10-18-13)14-4-2-3-11-5-6-17-9-15(11)14/h2-7,9-10,16H,8H2,1H3. The van der Waals surface area contributed by atoms with Crippen LogP contribution in [0.15, 0.2) is 48.1 Å². The van der Waals surface area contributed by atoms with E-state index in [0.29, 0.717) is 0 Å². The molecule has 0 spiro atoms. The third-order valence-electron chi connectivity index (χ3n) is 3.00. The van der Waals surface area contributed by atoms with Crippen molar-refractivity contribution in [2.45, 2.75) is 6.54 Å². The first-order valence-electron chi connectivity index (χ1n) is 5.93. The van der Waals surface area contributed by atoms with Crippen molar-refractivity contribution < 1.29 is 0 Å². The molecule has 2 aromatic heterocycles. The predicted molar refractivity (Wildman–Crippen MR) is 77.8 cm³/mol. The highest BCUT2D eigenvalue weighted by Gasteiger charge is 2.06. The minimum Gasteiger partial charge on any atom is -0.315 e. The number of aromatic nitrogens is 1. The van der Waals surface area contributed by atoms with Gasteiger partial charge in [-0.05, 0) is 41.1 Å². The Morgan fingerprint density at radius 3 is 3.11 bits per heavy atom. The van der Waals surface area contributed by atoms with Crippen LogP contribution in [0, 0.1) is 0 Å². The van der Waals surface area contributed by atoms with Gasteiger partial charge in [0.2, 0.25) is 0 Å². The molecule has 0 radical (unpaired) electrons. The van der Waals surface area contributed by atoms with E-state index < -0.39 is 0 Å². The van der Waals surface area contributed by atoms with Crippen LogP contribution in [0.1, 0.15) is 4.88 Å². The molecule has 0 aliphatic heterocycles. The summed E-state index contributed by atoms with van der Waals surface area (Å²) in [5, 5.41) is 7.86. The number of hydrogen-bond donors (Lipinski definition) is 1. The lowest BCUT2D eigenvalue weighted by Gasteiger charge is -2.03. The van der Waals surface area contributed by atoms with E-state index in [0.717, 1.165) is 6.54 Å². The Bertz CT molecular complexity index is 668. The molecule has 0 aliphatic rings. The van der Waals surface area contributed by atoms with Crippen LogP contribution in [-0.4, -0.2) is 12.0 Å². The van der Waals surface area contributed by atoms with Crippen molar-refractivity contribution in [2.24, 2.45) is 0 Å². The predicted octanol–water partition coefficient (Wildman–Crippen LogP) is 3.68. The number of fused-ring (bicyclic) bond motifs is 1. The van der Waals surface area contributed by atoms with Gasteiger partial charge in [-0.3, -0.25) is 4.98 Å². The smallest absolute Gasteiger partial charge is 0.0352 e. The largest absolute Gasteiger partial charge is 0.315 e. The second kappa shape index (κ2) is 4.88. The molecule has 0 bridgehead atoms. The quantitative estimate of drug-likeness (QED) is 0.771. The lowest BCUT2D eigenvalue weighted by molar-refractivity contribution is 0.831. The first kappa shape index (κ1) is 11.4. The Morgan fingerprint density at radius 1 is 1.28 bits per heavy atom. The summed E-state index contributed by atoms with van der Waals surface area (Å²) in [7, 11) is 1.97. The van der Waals surface area contributed by atoms with Crippen molar-refractivity contribution in [3.63, 3.8) is 0 Å². The first-order chi connectivity index (χ1) is 8.88. The van der Waals surface area contributed by atoms with Gasteiger partial charge in [0.1, 0.15) is 0 Å². The van der Waals surface area contributed by atoms with Crippen LogP contribution in [0.5, 0.6) is 0 Å². The Kier molecular flexibility index (Phi) is 3.09. The molecule has 0 aliphatic carbocycles. The van der Waals surface area contributed by atoms with Crippen LogP contribution in [0.2, 0.25) is 0 Å². The molecule has 0 fully saturated rings. The molecular weight excluding hydrogens is 240 g/mol. The molecule has 1 aromatic carbocycles. The molecule has 0 saturated heterocycles. The van der Waals surface area contributed by atoms with Gasteiger partial charge >= 0.3 is 0 Å². The highest BCUT2D eigenvalue weighted by Crippen LogP contribution is 2.31.